The van der Waals surface area contributed by atoms with Crippen LogP contribution in [0.2, 0.25) is 0 Å². The van der Waals surface area contributed by atoms with E-state index in [1.54, 1.807) is 0 Å². The lowest BCUT2D eigenvalue weighted by molar-refractivity contribution is 0.670. The van der Waals surface area contributed by atoms with E-state index in [1.165, 1.54) is 58.7 Å². The molecule has 3 nitrogen and oxygen atoms in total. The van der Waals surface area contributed by atoms with E-state index < -0.39 is 0 Å². The lowest BCUT2D eigenvalue weighted by atomic mass is 9.99. The summed E-state index contributed by atoms with van der Waals surface area (Å²) >= 11 is 1.88. The smallest absolute Gasteiger partial charge is 0.143 e. The summed E-state index contributed by atoms with van der Waals surface area (Å²) < 4.78 is 11.8. The van der Waals surface area contributed by atoms with Crippen LogP contribution >= 0.6 is 11.3 Å². The minimum atomic E-state index is 0.886. The van der Waals surface area contributed by atoms with Gasteiger partial charge in [0.15, 0.2) is 0 Å². The molecule has 0 bridgehead atoms. The molecular formula is C60H38N2OS. The van der Waals surface area contributed by atoms with Crippen LogP contribution in [0.1, 0.15) is 0 Å². The van der Waals surface area contributed by atoms with Gasteiger partial charge in [-0.1, -0.05) is 176 Å². The Balaban J connectivity index is 1.05. The third-order valence-electron chi connectivity index (χ3n) is 12.8. The number of nitrogens with zero attached hydrogens (tertiary/aromatic N) is 2. The van der Waals surface area contributed by atoms with Crippen molar-refractivity contribution in [2.75, 3.05) is 4.90 Å². The zero-order valence-corrected chi connectivity index (χ0v) is 35.5. The summed E-state index contributed by atoms with van der Waals surface area (Å²) in [6.45, 7) is 0. The van der Waals surface area contributed by atoms with Crippen molar-refractivity contribution in [1.29, 1.82) is 0 Å². The van der Waals surface area contributed by atoms with Crippen LogP contribution in [0.3, 0.4) is 0 Å². The number of benzene rings is 10. The molecule has 0 N–H and O–H groups in total. The van der Waals surface area contributed by atoms with E-state index in [2.05, 4.69) is 234 Å². The van der Waals surface area contributed by atoms with Crippen molar-refractivity contribution in [2.24, 2.45) is 0 Å². The van der Waals surface area contributed by atoms with Gasteiger partial charge in [-0.05, 0) is 65.7 Å². The number of thiophene rings is 1. The standard InChI is InChI=1S/C60H38N2OS/c1-2-16-39(17-3-1)40-32-34-41(35-33-40)61(53-27-9-5-19-44(53)49-23-14-24-50-47-21-7-12-30-57(47)63-59(49)50)42-36-37-46-43-18-4-10-28-54(43)62(56(46)38-42)55-29-11-6-20-45(55)51-25-15-26-52-48-22-8-13-31-58(48)64-60(51)52/h1-38H. The Kier molecular flexibility index (Phi) is 8.40. The second kappa shape index (κ2) is 14.7. The highest BCUT2D eigenvalue weighted by Gasteiger charge is 2.23. The van der Waals surface area contributed by atoms with Gasteiger partial charge in [0, 0.05) is 75.3 Å². The first-order valence-corrected chi connectivity index (χ1v) is 22.6. The molecule has 3 heterocycles. The van der Waals surface area contributed by atoms with E-state index in [1.807, 2.05) is 17.4 Å². The maximum atomic E-state index is 6.68. The summed E-state index contributed by atoms with van der Waals surface area (Å²) in [6.07, 6.45) is 0. The molecule has 0 aliphatic carbocycles. The van der Waals surface area contributed by atoms with Gasteiger partial charge in [-0.2, -0.15) is 0 Å². The topological polar surface area (TPSA) is 21.3 Å². The molecule has 0 saturated carbocycles. The number of fused-ring (bicyclic) bond motifs is 9. The molecule has 0 spiro atoms. The van der Waals surface area contributed by atoms with Crippen LogP contribution in [0.4, 0.5) is 17.1 Å². The highest BCUT2D eigenvalue weighted by molar-refractivity contribution is 7.26. The first-order valence-electron chi connectivity index (χ1n) is 21.8. The Labute approximate surface area is 373 Å². The molecule has 13 aromatic rings. The van der Waals surface area contributed by atoms with Crippen LogP contribution in [0.15, 0.2) is 235 Å². The molecule has 0 aliphatic heterocycles. The number of hydrogen-bond acceptors (Lipinski definition) is 3. The maximum Gasteiger partial charge on any atom is 0.143 e. The Morgan fingerprint density at radius 1 is 0.375 bits per heavy atom. The third kappa shape index (κ3) is 5.73. The molecule has 64 heavy (non-hydrogen) atoms. The fourth-order valence-corrected chi connectivity index (χ4v) is 11.2. The van der Waals surface area contributed by atoms with Gasteiger partial charge in [0.2, 0.25) is 0 Å². The average Bonchev–Trinajstić information content (AvgIpc) is 4.04. The molecule has 300 valence electrons. The van der Waals surface area contributed by atoms with Crippen LogP contribution in [0, 0.1) is 0 Å². The number of anilines is 3. The molecule has 0 amide bonds. The van der Waals surface area contributed by atoms with Gasteiger partial charge in [0.1, 0.15) is 11.2 Å². The summed E-state index contributed by atoms with van der Waals surface area (Å²) in [6, 6.07) is 83.4. The van der Waals surface area contributed by atoms with Crippen LogP contribution in [-0.4, -0.2) is 4.57 Å². The third-order valence-corrected chi connectivity index (χ3v) is 14.0. The second-order valence-corrected chi connectivity index (χ2v) is 17.4. The maximum absolute atomic E-state index is 6.68. The highest BCUT2D eigenvalue weighted by atomic mass is 32.1. The summed E-state index contributed by atoms with van der Waals surface area (Å²) in [5.74, 6) is 0. The number of furan rings is 1. The van der Waals surface area contributed by atoms with Crippen molar-refractivity contribution in [3.63, 3.8) is 0 Å². The lowest BCUT2D eigenvalue weighted by Gasteiger charge is -2.28. The van der Waals surface area contributed by atoms with E-state index in [0.717, 1.165) is 61.3 Å². The molecule has 0 saturated heterocycles. The molecule has 0 fully saturated rings. The molecule has 10 aromatic carbocycles. The fraction of sp³-hybridized carbons (Fsp3) is 0. The van der Waals surface area contributed by atoms with Gasteiger partial charge in [0.25, 0.3) is 0 Å². The lowest BCUT2D eigenvalue weighted by Crippen LogP contribution is -2.11. The Hall–Kier alpha value is -8.18. The van der Waals surface area contributed by atoms with Crippen molar-refractivity contribution in [3.05, 3.63) is 231 Å². The molecule has 13 rings (SSSR count). The fourth-order valence-electron chi connectivity index (χ4n) is 9.93. The zero-order valence-electron chi connectivity index (χ0n) is 34.7. The first-order chi connectivity index (χ1) is 31.8. The van der Waals surface area contributed by atoms with Crippen molar-refractivity contribution >= 4 is 92.3 Å². The number of para-hydroxylation sites is 5. The molecular weight excluding hydrogens is 797 g/mol. The Morgan fingerprint density at radius 2 is 0.984 bits per heavy atom. The molecule has 0 unspecified atom stereocenters. The van der Waals surface area contributed by atoms with Crippen molar-refractivity contribution < 1.29 is 4.42 Å². The van der Waals surface area contributed by atoms with E-state index >= 15 is 0 Å². The Bertz CT molecular complexity index is 3910. The quantitative estimate of drug-likeness (QED) is 0.159. The molecule has 3 aromatic heterocycles. The van der Waals surface area contributed by atoms with Crippen LogP contribution in [-0.2, 0) is 0 Å². The van der Waals surface area contributed by atoms with Crippen LogP contribution < -0.4 is 4.90 Å². The monoisotopic (exact) mass is 834 g/mol. The SMILES string of the molecule is c1ccc(-c2ccc(N(c3ccc4c5ccccc5n(-c5ccccc5-c5cccc6c5sc5ccccc56)c4c3)c3ccccc3-c3cccc4c3oc3ccccc34)cc2)cc1. The van der Waals surface area contributed by atoms with Crippen molar-refractivity contribution in [3.8, 4) is 39.1 Å². The molecule has 0 radical (unpaired) electrons. The number of hydrogen-bond donors (Lipinski definition) is 0. The number of rotatable bonds is 7. The number of aromatic nitrogens is 1. The molecule has 4 heteroatoms. The van der Waals surface area contributed by atoms with Gasteiger partial charge in [0.05, 0.1) is 22.4 Å². The van der Waals surface area contributed by atoms with E-state index in [9.17, 15) is 0 Å². The Morgan fingerprint density at radius 3 is 1.86 bits per heavy atom. The van der Waals surface area contributed by atoms with Gasteiger partial charge in [-0.25, -0.2) is 0 Å². The predicted octanol–water partition coefficient (Wildman–Crippen LogP) is 17.5. The summed E-state index contributed by atoms with van der Waals surface area (Å²) in [4.78, 5) is 2.41. The van der Waals surface area contributed by atoms with Gasteiger partial charge < -0.3 is 13.9 Å². The van der Waals surface area contributed by atoms with Crippen molar-refractivity contribution in [1.82, 2.24) is 4.57 Å². The van der Waals surface area contributed by atoms with E-state index in [0.29, 0.717) is 0 Å². The summed E-state index contributed by atoms with van der Waals surface area (Å²) in [5, 5.41) is 7.24. The normalized spacial score (nSPS) is 11.8. The van der Waals surface area contributed by atoms with Gasteiger partial charge in [-0.3, -0.25) is 0 Å². The zero-order chi connectivity index (χ0) is 42.1. The van der Waals surface area contributed by atoms with Crippen LogP contribution in [0.25, 0.3) is 103 Å². The minimum absolute atomic E-state index is 0.886. The largest absolute Gasteiger partial charge is 0.455 e. The van der Waals surface area contributed by atoms with Crippen LogP contribution in [0.5, 0.6) is 0 Å². The van der Waals surface area contributed by atoms with Gasteiger partial charge >= 0.3 is 0 Å². The molecule has 0 atom stereocenters. The highest BCUT2D eigenvalue weighted by Crippen LogP contribution is 2.47. The predicted molar refractivity (Wildman–Crippen MR) is 272 cm³/mol. The van der Waals surface area contributed by atoms with Crippen molar-refractivity contribution in [2.45, 2.75) is 0 Å². The summed E-state index contributed by atoms with van der Waals surface area (Å²) in [5.41, 5.74) is 15.3. The van der Waals surface area contributed by atoms with E-state index in [-0.39, 0.29) is 0 Å². The second-order valence-electron chi connectivity index (χ2n) is 16.4. The minimum Gasteiger partial charge on any atom is -0.455 e. The van der Waals surface area contributed by atoms with Gasteiger partial charge in [-0.15, -0.1) is 11.3 Å². The van der Waals surface area contributed by atoms with E-state index in [4.69, 9.17) is 4.42 Å². The summed E-state index contributed by atoms with van der Waals surface area (Å²) in [7, 11) is 0. The first kappa shape index (κ1) is 36.5. The average molecular weight is 835 g/mol. The molecule has 0 aliphatic rings.